The van der Waals surface area contributed by atoms with Gasteiger partial charge in [-0.2, -0.15) is 0 Å². The fourth-order valence-corrected chi connectivity index (χ4v) is 4.19. The number of hydrogen-bond donors (Lipinski definition) is 2. The summed E-state index contributed by atoms with van der Waals surface area (Å²) >= 11 is 6.02. The number of H-pyrrole nitrogens is 1. The number of anilines is 1. The number of halogens is 1. The molecule has 0 fully saturated rings. The van der Waals surface area contributed by atoms with Gasteiger partial charge in [0.05, 0.1) is 5.56 Å². The standard InChI is InChI=1S/C26H20ClN3O3/c27-19-8-4-5-16(13-19)15-33-20-11-9-17(10-12-20)21-14-22(31)28-25-23(21)26(32)30-24(29-25)18-6-2-1-3-7-18/h1-13,21H,14-15H2,(H2,28,29,30,31,32). The second-order valence-corrected chi connectivity index (χ2v) is 8.27. The molecule has 1 atom stereocenters. The van der Waals surface area contributed by atoms with Gasteiger partial charge in [-0.05, 0) is 35.4 Å². The zero-order valence-corrected chi connectivity index (χ0v) is 18.3. The SMILES string of the molecule is O=C1CC(c2ccc(OCc3cccc(Cl)c3)cc2)c2c(nc(-c3ccccc3)[nH]c2=O)N1. The Morgan fingerprint density at radius 3 is 2.52 bits per heavy atom. The molecule has 0 saturated carbocycles. The maximum Gasteiger partial charge on any atom is 0.257 e. The van der Waals surface area contributed by atoms with Crippen LogP contribution in [0.15, 0.2) is 83.7 Å². The van der Waals surface area contributed by atoms with Crippen LogP contribution in [0.4, 0.5) is 5.82 Å². The lowest BCUT2D eigenvalue weighted by molar-refractivity contribution is -0.116. The molecule has 6 nitrogen and oxygen atoms in total. The van der Waals surface area contributed by atoms with Gasteiger partial charge in [0.25, 0.3) is 5.56 Å². The topological polar surface area (TPSA) is 84.1 Å². The van der Waals surface area contributed by atoms with Gasteiger partial charge in [-0.1, -0.05) is 66.2 Å². The summed E-state index contributed by atoms with van der Waals surface area (Å²) in [5.41, 5.74) is 2.79. The van der Waals surface area contributed by atoms with Crippen molar-refractivity contribution >= 4 is 23.3 Å². The number of hydrogen-bond acceptors (Lipinski definition) is 4. The molecule has 4 aromatic rings. The van der Waals surface area contributed by atoms with E-state index in [1.165, 1.54) is 0 Å². The van der Waals surface area contributed by atoms with Crippen LogP contribution in [-0.2, 0) is 11.4 Å². The van der Waals surface area contributed by atoms with E-state index >= 15 is 0 Å². The zero-order chi connectivity index (χ0) is 22.8. The molecule has 3 aromatic carbocycles. The zero-order valence-electron chi connectivity index (χ0n) is 17.5. The van der Waals surface area contributed by atoms with Crippen molar-refractivity contribution in [3.8, 4) is 17.1 Å². The highest BCUT2D eigenvalue weighted by Crippen LogP contribution is 2.35. The Kier molecular flexibility index (Phi) is 5.67. The third-order valence-corrected chi connectivity index (χ3v) is 5.81. The quantitative estimate of drug-likeness (QED) is 0.434. The number of nitrogens with zero attached hydrogens (tertiary/aromatic N) is 1. The molecular formula is C26H20ClN3O3. The summed E-state index contributed by atoms with van der Waals surface area (Å²) in [4.78, 5) is 32.8. The van der Waals surface area contributed by atoms with Crippen molar-refractivity contribution in [3.05, 3.63) is 111 Å². The van der Waals surface area contributed by atoms with Gasteiger partial charge < -0.3 is 15.0 Å². The number of rotatable bonds is 5. The van der Waals surface area contributed by atoms with Crippen molar-refractivity contribution in [1.29, 1.82) is 0 Å². The maximum absolute atomic E-state index is 13.0. The van der Waals surface area contributed by atoms with E-state index in [2.05, 4.69) is 15.3 Å². The molecule has 0 radical (unpaired) electrons. The minimum absolute atomic E-state index is 0.172. The lowest BCUT2D eigenvalue weighted by Gasteiger charge is -2.24. The lowest BCUT2D eigenvalue weighted by Crippen LogP contribution is -2.31. The number of carbonyl (C=O) groups is 1. The molecule has 0 saturated heterocycles. The summed E-state index contributed by atoms with van der Waals surface area (Å²) in [7, 11) is 0. The van der Waals surface area contributed by atoms with E-state index in [4.69, 9.17) is 16.3 Å². The van der Waals surface area contributed by atoms with Gasteiger partial charge in [-0.25, -0.2) is 4.98 Å². The first-order chi connectivity index (χ1) is 16.1. The molecule has 2 N–H and O–H groups in total. The molecule has 164 valence electrons. The molecule has 7 heteroatoms. The van der Waals surface area contributed by atoms with Crippen molar-refractivity contribution in [2.45, 2.75) is 18.9 Å². The maximum atomic E-state index is 13.0. The summed E-state index contributed by atoms with van der Waals surface area (Å²) < 4.78 is 5.85. The Morgan fingerprint density at radius 1 is 0.970 bits per heavy atom. The summed E-state index contributed by atoms with van der Waals surface area (Å²) in [5, 5.41) is 3.42. The molecule has 2 heterocycles. The monoisotopic (exact) mass is 457 g/mol. The minimum Gasteiger partial charge on any atom is -0.489 e. The highest BCUT2D eigenvalue weighted by atomic mass is 35.5. The van der Waals surface area contributed by atoms with Gasteiger partial charge in [0.15, 0.2) is 0 Å². The predicted octanol–water partition coefficient (Wildman–Crippen LogP) is 5.14. The van der Waals surface area contributed by atoms with Crippen LogP contribution < -0.4 is 15.6 Å². The number of carbonyl (C=O) groups excluding carboxylic acids is 1. The Labute approximate surface area is 195 Å². The molecule has 33 heavy (non-hydrogen) atoms. The van der Waals surface area contributed by atoms with Crippen molar-refractivity contribution in [1.82, 2.24) is 9.97 Å². The average Bonchev–Trinajstić information content (AvgIpc) is 2.83. The second kappa shape index (κ2) is 8.92. The van der Waals surface area contributed by atoms with Crippen LogP contribution in [0.2, 0.25) is 5.02 Å². The molecule has 0 bridgehead atoms. The van der Waals surface area contributed by atoms with E-state index in [-0.39, 0.29) is 17.9 Å². The smallest absolute Gasteiger partial charge is 0.257 e. The average molecular weight is 458 g/mol. The van der Waals surface area contributed by atoms with E-state index in [1.807, 2.05) is 78.9 Å². The van der Waals surface area contributed by atoms with Crippen LogP contribution in [0.3, 0.4) is 0 Å². The number of ether oxygens (including phenoxy) is 1. The highest BCUT2D eigenvalue weighted by molar-refractivity contribution is 6.30. The Bertz CT molecular complexity index is 1370. The van der Waals surface area contributed by atoms with Gasteiger partial charge >= 0.3 is 0 Å². The first-order valence-electron chi connectivity index (χ1n) is 10.5. The third-order valence-electron chi connectivity index (χ3n) is 5.58. The Hall–Kier alpha value is -3.90. The van der Waals surface area contributed by atoms with Gasteiger partial charge in [-0.3, -0.25) is 9.59 Å². The molecule has 1 aliphatic heterocycles. The fourth-order valence-electron chi connectivity index (χ4n) is 3.98. The highest BCUT2D eigenvalue weighted by Gasteiger charge is 2.31. The number of amides is 1. The number of aromatic nitrogens is 2. The van der Waals surface area contributed by atoms with Crippen molar-refractivity contribution in [3.63, 3.8) is 0 Å². The van der Waals surface area contributed by atoms with Gasteiger partial charge in [0.1, 0.15) is 24.0 Å². The summed E-state index contributed by atoms with van der Waals surface area (Å²) in [6.45, 7) is 0.389. The number of nitrogens with one attached hydrogen (secondary N) is 2. The first kappa shape index (κ1) is 21.0. The lowest BCUT2D eigenvalue weighted by atomic mass is 9.87. The van der Waals surface area contributed by atoms with Crippen LogP contribution in [-0.4, -0.2) is 15.9 Å². The Morgan fingerprint density at radius 2 is 1.76 bits per heavy atom. The molecule has 1 amide bonds. The van der Waals surface area contributed by atoms with Crippen LogP contribution in [0, 0.1) is 0 Å². The van der Waals surface area contributed by atoms with Crippen molar-refractivity contribution in [2.24, 2.45) is 0 Å². The molecular weight excluding hydrogens is 438 g/mol. The van der Waals surface area contributed by atoms with Crippen molar-refractivity contribution < 1.29 is 9.53 Å². The van der Waals surface area contributed by atoms with Gasteiger partial charge in [0.2, 0.25) is 5.91 Å². The van der Waals surface area contributed by atoms with Crippen molar-refractivity contribution in [2.75, 3.05) is 5.32 Å². The predicted molar refractivity (Wildman–Crippen MR) is 128 cm³/mol. The van der Waals surface area contributed by atoms with Gasteiger partial charge in [-0.15, -0.1) is 0 Å². The molecule has 1 unspecified atom stereocenters. The first-order valence-corrected chi connectivity index (χ1v) is 10.9. The summed E-state index contributed by atoms with van der Waals surface area (Å²) in [5.74, 6) is 0.846. The molecule has 5 rings (SSSR count). The normalized spacial score (nSPS) is 14.9. The fraction of sp³-hybridized carbons (Fsp3) is 0.115. The molecule has 0 spiro atoms. The number of fused-ring (bicyclic) bond motifs is 1. The third kappa shape index (κ3) is 4.52. The van der Waals surface area contributed by atoms with Crippen LogP contribution in [0.1, 0.15) is 29.0 Å². The second-order valence-electron chi connectivity index (χ2n) is 7.84. The van der Waals surface area contributed by atoms with E-state index in [0.29, 0.717) is 34.6 Å². The van der Waals surface area contributed by atoms with Crippen LogP contribution in [0.25, 0.3) is 11.4 Å². The molecule has 1 aromatic heterocycles. The number of benzene rings is 3. The van der Waals surface area contributed by atoms with Crippen LogP contribution in [0.5, 0.6) is 5.75 Å². The number of aromatic amines is 1. The summed E-state index contributed by atoms with van der Waals surface area (Å²) in [6.07, 6.45) is 0.172. The largest absolute Gasteiger partial charge is 0.489 e. The van der Waals surface area contributed by atoms with Gasteiger partial charge in [0, 0.05) is 22.9 Å². The van der Waals surface area contributed by atoms with E-state index < -0.39 is 5.92 Å². The molecule has 1 aliphatic rings. The summed E-state index contributed by atoms with van der Waals surface area (Å²) in [6, 6.07) is 24.3. The molecule has 0 aliphatic carbocycles. The van der Waals surface area contributed by atoms with E-state index in [0.717, 1.165) is 16.7 Å². The van der Waals surface area contributed by atoms with Crippen LogP contribution >= 0.6 is 11.6 Å². The van der Waals surface area contributed by atoms with E-state index in [1.54, 1.807) is 0 Å². The Balaban J connectivity index is 1.41. The van der Waals surface area contributed by atoms with E-state index in [9.17, 15) is 9.59 Å². The minimum atomic E-state index is -0.392.